The van der Waals surface area contributed by atoms with Crippen molar-refractivity contribution in [3.63, 3.8) is 0 Å². The van der Waals surface area contributed by atoms with Gasteiger partial charge in [0, 0.05) is 13.2 Å². The molecular formula is C12H12Cl3N3. The van der Waals surface area contributed by atoms with Gasteiger partial charge in [0.1, 0.15) is 0 Å². The van der Waals surface area contributed by atoms with Crippen molar-refractivity contribution in [1.82, 2.24) is 9.78 Å². The summed E-state index contributed by atoms with van der Waals surface area (Å²) in [5.41, 5.74) is 1.82. The van der Waals surface area contributed by atoms with Crippen LogP contribution in [0.4, 0.5) is 5.69 Å². The molecule has 1 heterocycles. The fourth-order valence-electron chi connectivity index (χ4n) is 1.70. The summed E-state index contributed by atoms with van der Waals surface area (Å²) in [6, 6.07) is 3.62. The molecule has 0 radical (unpaired) electrons. The minimum atomic E-state index is 0.0106. The molecule has 0 spiro atoms. The van der Waals surface area contributed by atoms with Gasteiger partial charge in [-0.05, 0) is 18.6 Å². The molecule has 1 N–H and O–H groups in total. The largest absolute Gasteiger partial charge is 0.376 e. The van der Waals surface area contributed by atoms with Crippen molar-refractivity contribution in [3.8, 4) is 0 Å². The first-order valence-electron chi connectivity index (χ1n) is 5.37. The highest BCUT2D eigenvalue weighted by molar-refractivity contribution is 6.48. The van der Waals surface area contributed by atoms with Crippen LogP contribution in [0.3, 0.4) is 0 Å². The molecule has 18 heavy (non-hydrogen) atoms. The van der Waals surface area contributed by atoms with E-state index >= 15 is 0 Å². The Balaban J connectivity index is 2.24. The molecule has 0 bridgehead atoms. The summed E-state index contributed by atoms with van der Waals surface area (Å²) >= 11 is 18.1. The van der Waals surface area contributed by atoms with Crippen LogP contribution in [-0.4, -0.2) is 9.78 Å². The van der Waals surface area contributed by atoms with Crippen LogP contribution >= 0.6 is 34.8 Å². The van der Waals surface area contributed by atoms with E-state index in [4.69, 9.17) is 34.8 Å². The van der Waals surface area contributed by atoms with Gasteiger partial charge in [-0.15, -0.1) is 0 Å². The van der Waals surface area contributed by atoms with Crippen LogP contribution in [-0.2, 0) is 7.05 Å². The van der Waals surface area contributed by atoms with E-state index in [0.717, 1.165) is 11.3 Å². The van der Waals surface area contributed by atoms with Gasteiger partial charge >= 0.3 is 0 Å². The number of halogens is 3. The predicted molar refractivity (Wildman–Crippen MR) is 76.7 cm³/mol. The molecule has 1 aromatic carbocycles. The van der Waals surface area contributed by atoms with E-state index in [2.05, 4.69) is 10.4 Å². The molecular weight excluding hydrogens is 293 g/mol. The van der Waals surface area contributed by atoms with E-state index in [-0.39, 0.29) is 6.04 Å². The van der Waals surface area contributed by atoms with Crippen molar-refractivity contribution in [1.29, 1.82) is 0 Å². The number of nitrogens with zero attached hydrogens (tertiary/aromatic N) is 2. The van der Waals surface area contributed by atoms with Crippen molar-refractivity contribution in [2.75, 3.05) is 5.32 Å². The maximum Gasteiger partial charge on any atom is 0.0782 e. The second-order valence-electron chi connectivity index (χ2n) is 4.03. The standard InChI is InChI=1S/C12H12Cl3N3/c1-7(17-8-5-16-18(2)6-8)9-3-4-10(13)12(15)11(9)14/h3-7,17H,1-2H3. The lowest BCUT2D eigenvalue weighted by Gasteiger charge is -2.16. The molecule has 0 aliphatic heterocycles. The Morgan fingerprint density at radius 3 is 2.56 bits per heavy atom. The summed E-state index contributed by atoms with van der Waals surface area (Å²) in [6.45, 7) is 2.00. The van der Waals surface area contributed by atoms with Crippen LogP contribution in [0.25, 0.3) is 0 Å². The first-order valence-corrected chi connectivity index (χ1v) is 6.51. The van der Waals surface area contributed by atoms with Gasteiger partial charge in [-0.2, -0.15) is 5.10 Å². The molecule has 0 saturated heterocycles. The number of rotatable bonds is 3. The van der Waals surface area contributed by atoms with Crippen molar-refractivity contribution >= 4 is 40.5 Å². The second kappa shape index (κ2) is 5.39. The first-order chi connectivity index (χ1) is 8.49. The van der Waals surface area contributed by atoms with E-state index in [9.17, 15) is 0 Å². The molecule has 6 heteroatoms. The van der Waals surface area contributed by atoms with E-state index in [1.165, 1.54) is 0 Å². The molecule has 3 nitrogen and oxygen atoms in total. The lowest BCUT2D eigenvalue weighted by molar-refractivity contribution is 0.767. The summed E-state index contributed by atoms with van der Waals surface area (Å²) in [7, 11) is 1.86. The maximum atomic E-state index is 6.19. The number of aryl methyl sites for hydroxylation is 1. The normalized spacial score (nSPS) is 12.5. The average Bonchev–Trinajstić information content (AvgIpc) is 2.71. The number of anilines is 1. The third kappa shape index (κ3) is 2.74. The molecule has 0 saturated carbocycles. The summed E-state index contributed by atoms with van der Waals surface area (Å²) in [4.78, 5) is 0. The number of aromatic nitrogens is 2. The monoisotopic (exact) mass is 303 g/mol. The van der Waals surface area contributed by atoms with Crippen LogP contribution in [0, 0.1) is 0 Å². The minimum absolute atomic E-state index is 0.0106. The van der Waals surface area contributed by atoms with Crippen LogP contribution in [0.15, 0.2) is 24.5 Å². The Hall–Kier alpha value is -0.900. The Labute approximate surface area is 121 Å². The highest BCUT2D eigenvalue weighted by Gasteiger charge is 2.14. The van der Waals surface area contributed by atoms with Crippen molar-refractivity contribution < 1.29 is 0 Å². The molecule has 2 rings (SSSR count). The Morgan fingerprint density at radius 2 is 1.94 bits per heavy atom. The van der Waals surface area contributed by atoms with Crippen LogP contribution in [0.2, 0.25) is 15.1 Å². The van der Waals surface area contributed by atoms with Gasteiger partial charge in [-0.3, -0.25) is 4.68 Å². The van der Waals surface area contributed by atoms with Gasteiger partial charge < -0.3 is 5.32 Å². The SMILES string of the molecule is CC(Nc1cnn(C)c1)c1ccc(Cl)c(Cl)c1Cl. The minimum Gasteiger partial charge on any atom is -0.376 e. The molecule has 1 unspecified atom stereocenters. The quantitative estimate of drug-likeness (QED) is 0.843. The third-order valence-corrected chi connectivity index (χ3v) is 3.93. The van der Waals surface area contributed by atoms with E-state index < -0.39 is 0 Å². The summed E-state index contributed by atoms with van der Waals surface area (Å²) in [5.74, 6) is 0. The van der Waals surface area contributed by atoms with E-state index in [1.54, 1.807) is 16.9 Å². The lowest BCUT2D eigenvalue weighted by atomic mass is 10.1. The first kappa shape index (κ1) is 13.5. The van der Waals surface area contributed by atoms with Gasteiger partial charge in [0.05, 0.1) is 33.0 Å². The molecule has 2 aromatic rings. The maximum absolute atomic E-state index is 6.19. The Morgan fingerprint density at radius 1 is 1.22 bits per heavy atom. The Kier molecular flexibility index (Phi) is 4.05. The Bertz CT molecular complexity index is 566. The van der Waals surface area contributed by atoms with Crippen molar-refractivity contribution in [2.45, 2.75) is 13.0 Å². The summed E-state index contributed by atoms with van der Waals surface area (Å²) < 4.78 is 1.73. The van der Waals surface area contributed by atoms with Gasteiger partial charge in [0.15, 0.2) is 0 Å². The molecule has 1 aromatic heterocycles. The van der Waals surface area contributed by atoms with Gasteiger partial charge in [-0.25, -0.2) is 0 Å². The number of hydrogen-bond donors (Lipinski definition) is 1. The molecule has 0 fully saturated rings. The zero-order valence-electron chi connectivity index (χ0n) is 9.92. The zero-order chi connectivity index (χ0) is 13.3. The summed E-state index contributed by atoms with van der Waals surface area (Å²) in [6.07, 6.45) is 3.64. The summed E-state index contributed by atoms with van der Waals surface area (Å²) in [5, 5.41) is 8.71. The highest BCUT2D eigenvalue weighted by Crippen LogP contribution is 2.36. The van der Waals surface area contributed by atoms with Crippen LogP contribution < -0.4 is 5.32 Å². The highest BCUT2D eigenvalue weighted by atomic mass is 35.5. The van der Waals surface area contributed by atoms with Crippen molar-refractivity contribution in [3.05, 3.63) is 45.2 Å². The number of benzene rings is 1. The molecule has 96 valence electrons. The predicted octanol–water partition coefficient (Wildman–Crippen LogP) is 4.55. The van der Waals surface area contributed by atoms with Crippen molar-refractivity contribution in [2.24, 2.45) is 7.05 Å². The number of hydrogen-bond acceptors (Lipinski definition) is 2. The second-order valence-corrected chi connectivity index (χ2v) is 5.20. The van der Waals surface area contributed by atoms with Gasteiger partial charge in [-0.1, -0.05) is 40.9 Å². The lowest BCUT2D eigenvalue weighted by Crippen LogP contribution is -2.06. The van der Waals surface area contributed by atoms with Crippen LogP contribution in [0.5, 0.6) is 0 Å². The third-order valence-electron chi connectivity index (χ3n) is 2.62. The van der Waals surface area contributed by atoms with E-state index in [1.807, 2.05) is 26.2 Å². The molecule has 1 atom stereocenters. The topological polar surface area (TPSA) is 29.9 Å². The van der Waals surface area contributed by atoms with E-state index in [0.29, 0.717) is 15.1 Å². The fraction of sp³-hybridized carbons (Fsp3) is 0.250. The van der Waals surface area contributed by atoms with Gasteiger partial charge in [0.25, 0.3) is 0 Å². The van der Waals surface area contributed by atoms with Crippen LogP contribution in [0.1, 0.15) is 18.5 Å². The number of nitrogens with one attached hydrogen (secondary N) is 1. The molecule has 0 aliphatic rings. The average molecular weight is 305 g/mol. The van der Waals surface area contributed by atoms with Gasteiger partial charge in [0.2, 0.25) is 0 Å². The molecule has 0 aliphatic carbocycles. The smallest absolute Gasteiger partial charge is 0.0782 e. The molecule has 0 amide bonds. The fourth-order valence-corrected chi connectivity index (χ4v) is 2.41. The zero-order valence-corrected chi connectivity index (χ0v) is 12.2.